The van der Waals surface area contributed by atoms with Crippen molar-refractivity contribution in [2.45, 2.75) is 11.3 Å². The summed E-state index contributed by atoms with van der Waals surface area (Å²) in [5, 5.41) is 2.78. The molecule has 2 rings (SSSR count). The third kappa shape index (κ3) is 6.11. The van der Waals surface area contributed by atoms with Crippen molar-refractivity contribution in [1.29, 1.82) is 0 Å². The number of carbonyl (C=O) groups excluding carboxylic acids is 1. The number of anilines is 1. The Morgan fingerprint density at radius 1 is 1.03 bits per heavy atom. The number of hydrogen-bond acceptors (Lipinski definition) is 6. The van der Waals surface area contributed by atoms with Gasteiger partial charge in [-0.15, -0.1) is 0 Å². The van der Waals surface area contributed by atoms with Crippen molar-refractivity contribution in [1.82, 2.24) is 10.2 Å². The highest BCUT2D eigenvalue weighted by atomic mass is 32.2. The third-order valence-corrected chi connectivity index (χ3v) is 6.15. The zero-order valence-corrected chi connectivity index (χ0v) is 18.6. The molecule has 164 valence electrons. The van der Waals surface area contributed by atoms with Crippen molar-refractivity contribution < 1.29 is 22.7 Å². The molecule has 0 radical (unpaired) electrons. The number of nitrogens with zero attached hydrogens (tertiary/aromatic N) is 2. The fraction of sp³-hybridized carbons (Fsp3) is 0.381. The smallest absolute Gasteiger partial charge is 0.264 e. The van der Waals surface area contributed by atoms with Crippen molar-refractivity contribution in [3.63, 3.8) is 0 Å². The maximum Gasteiger partial charge on any atom is 0.264 e. The Balaban J connectivity index is 2.38. The molecule has 0 spiro atoms. The summed E-state index contributed by atoms with van der Waals surface area (Å²) < 4.78 is 38.5. The summed E-state index contributed by atoms with van der Waals surface area (Å²) in [4.78, 5) is 14.7. The summed E-state index contributed by atoms with van der Waals surface area (Å²) in [5.74, 6) is 0.360. The number of carbonyl (C=O) groups is 1. The van der Waals surface area contributed by atoms with Crippen molar-refractivity contribution in [2.75, 3.05) is 52.3 Å². The van der Waals surface area contributed by atoms with E-state index in [1.54, 1.807) is 36.4 Å². The molecular weight excluding hydrogens is 406 g/mol. The molecule has 1 N–H and O–H groups in total. The predicted octanol–water partition coefficient (Wildman–Crippen LogP) is 1.97. The molecule has 0 unspecified atom stereocenters. The molecule has 0 fully saturated rings. The molecule has 0 aliphatic heterocycles. The maximum absolute atomic E-state index is 13.4. The van der Waals surface area contributed by atoms with Crippen LogP contribution in [-0.4, -0.2) is 67.2 Å². The van der Waals surface area contributed by atoms with Crippen molar-refractivity contribution in [2.24, 2.45) is 0 Å². The van der Waals surface area contributed by atoms with Crippen molar-refractivity contribution >= 4 is 21.6 Å². The van der Waals surface area contributed by atoms with E-state index in [1.165, 1.54) is 26.4 Å². The third-order valence-electron chi connectivity index (χ3n) is 4.38. The molecule has 0 heterocycles. The van der Waals surface area contributed by atoms with Gasteiger partial charge in [-0.25, -0.2) is 8.42 Å². The Labute approximate surface area is 178 Å². The average Bonchev–Trinajstić information content (AvgIpc) is 2.75. The zero-order chi connectivity index (χ0) is 22.1. The number of amides is 1. The highest BCUT2D eigenvalue weighted by Gasteiger charge is 2.29. The lowest BCUT2D eigenvalue weighted by molar-refractivity contribution is -0.119. The molecule has 2 aromatic carbocycles. The van der Waals surface area contributed by atoms with E-state index in [-0.39, 0.29) is 17.1 Å². The number of benzene rings is 2. The molecule has 0 aromatic heterocycles. The Morgan fingerprint density at radius 3 is 2.33 bits per heavy atom. The molecule has 0 atom stereocenters. The van der Waals surface area contributed by atoms with Gasteiger partial charge in [0.2, 0.25) is 5.91 Å². The van der Waals surface area contributed by atoms with Crippen LogP contribution in [0, 0.1) is 0 Å². The second kappa shape index (κ2) is 10.8. The van der Waals surface area contributed by atoms with Crippen LogP contribution in [-0.2, 0) is 14.8 Å². The highest BCUT2D eigenvalue weighted by molar-refractivity contribution is 7.92. The van der Waals surface area contributed by atoms with E-state index < -0.39 is 15.9 Å². The number of methoxy groups -OCH3 is 2. The monoisotopic (exact) mass is 435 g/mol. The zero-order valence-electron chi connectivity index (χ0n) is 17.8. The van der Waals surface area contributed by atoms with E-state index in [4.69, 9.17) is 9.47 Å². The van der Waals surface area contributed by atoms with Gasteiger partial charge in [0.15, 0.2) is 0 Å². The Hall–Kier alpha value is -2.78. The lowest BCUT2D eigenvalue weighted by atomic mass is 10.2. The van der Waals surface area contributed by atoms with E-state index in [0.717, 1.165) is 17.3 Å². The number of hydrogen-bond donors (Lipinski definition) is 1. The first-order chi connectivity index (χ1) is 14.3. The lowest BCUT2D eigenvalue weighted by Gasteiger charge is -2.26. The number of ether oxygens (including phenoxy) is 2. The van der Waals surface area contributed by atoms with Gasteiger partial charge in [-0.2, -0.15) is 0 Å². The molecule has 1 amide bonds. The van der Waals surface area contributed by atoms with Crippen LogP contribution < -0.4 is 19.1 Å². The fourth-order valence-electron chi connectivity index (χ4n) is 2.82. The molecule has 8 nitrogen and oxygen atoms in total. The minimum Gasteiger partial charge on any atom is -0.497 e. The quantitative estimate of drug-likeness (QED) is 0.543. The topological polar surface area (TPSA) is 88.2 Å². The highest BCUT2D eigenvalue weighted by Crippen LogP contribution is 2.35. The molecular formula is C21H29N3O5S. The summed E-state index contributed by atoms with van der Waals surface area (Å²) in [6, 6.07) is 12.8. The first kappa shape index (κ1) is 23.5. The van der Waals surface area contributed by atoms with Gasteiger partial charge in [-0.3, -0.25) is 9.10 Å². The molecule has 30 heavy (non-hydrogen) atoms. The van der Waals surface area contributed by atoms with Gasteiger partial charge >= 0.3 is 0 Å². The summed E-state index contributed by atoms with van der Waals surface area (Å²) in [7, 11) is 2.81. The lowest BCUT2D eigenvalue weighted by Crippen LogP contribution is -2.41. The molecule has 0 aliphatic carbocycles. The van der Waals surface area contributed by atoms with Crippen LogP contribution in [0.5, 0.6) is 11.5 Å². The van der Waals surface area contributed by atoms with Crippen LogP contribution in [0.15, 0.2) is 53.4 Å². The van der Waals surface area contributed by atoms with Crippen molar-refractivity contribution in [3.05, 3.63) is 48.5 Å². The number of nitrogens with one attached hydrogen (secondary N) is 1. The first-order valence-corrected chi connectivity index (χ1v) is 10.9. The minimum absolute atomic E-state index is 0.0790. The van der Waals surface area contributed by atoms with Gasteiger partial charge in [0.1, 0.15) is 18.0 Å². The van der Waals surface area contributed by atoms with E-state index in [0.29, 0.717) is 18.0 Å². The number of sulfonamides is 1. The second-order valence-electron chi connectivity index (χ2n) is 6.87. The largest absolute Gasteiger partial charge is 0.497 e. The predicted molar refractivity (Wildman–Crippen MR) is 117 cm³/mol. The van der Waals surface area contributed by atoms with E-state index in [2.05, 4.69) is 5.32 Å². The summed E-state index contributed by atoms with van der Waals surface area (Å²) >= 11 is 0. The standard InChI is InChI=1S/C21H29N3O5S/c1-23(2)14-8-13-22-21(25)16-24(30(26,27)18-9-6-5-7-10-18)19-15-17(28-3)11-12-20(19)29-4/h5-7,9-12,15H,8,13-14,16H2,1-4H3,(H,22,25). The first-order valence-electron chi connectivity index (χ1n) is 9.51. The van der Waals surface area contributed by atoms with Gasteiger partial charge in [-0.05, 0) is 51.3 Å². The fourth-order valence-corrected chi connectivity index (χ4v) is 4.26. The second-order valence-corrected chi connectivity index (χ2v) is 8.73. The van der Waals surface area contributed by atoms with Crippen LogP contribution in [0.2, 0.25) is 0 Å². The molecule has 0 saturated carbocycles. The Morgan fingerprint density at radius 2 is 1.73 bits per heavy atom. The van der Waals surface area contributed by atoms with Crippen LogP contribution in [0.25, 0.3) is 0 Å². The van der Waals surface area contributed by atoms with E-state index in [9.17, 15) is 13.2 Å². The molecule has 0 bridgehead atoms. The Kier molecular flexibility index (Phi) is 8.49. The van der Waals surface area contributed by atoms with Crippen LogP contribution >= 0.6 is 0 Å². The number of rotatable bonds is 11. The van der Waals surface area contributed by atoms with Gasteiger partial charge in [0.25, 0.3) is 10.0 Å². The van der Waals surface area contributed by atoms with E-state index in [1.807, 2.05) is 19.0 Å². The molecule has 2 aromatic rings. The molecule has 0 saturated heterocycles. The van der Waals surface area contributed by atoms with Crippen LogP contribution in [0.3, 0.4) is 0 Å². The summed E-state index contributed by atoms with van der Waals surface area (Å²) in [6.45, 7) is 0.879. The molecule has 9 heteroatoms. The van der Waals surface area contributed by atoms with Gasteiger partial charge in [0, 0.05) is 12.6 Å². The van der Waals surface area contributed by atoms with Crippen LogP contribution in [0.4, 0.5) is 5.69 Å². The Bertz CT molecular complexity index is 933. The van der Waals surface area contributed by atoms with E-state index >= 15 is 0 Å². The molecule has 0 aliphatic rings. The average molecular weight is 436 g/mol. The minimum atomic E-state index is -4.02. The normalized spacial score (nSPS) is 11.2. The van der Waals surface area contributed by atoms with Crippen LogP contribution in [0.1, 0.15) is 6.42 Å². The van der Waals surface area contributed by atoms with Crippen molar-refractivity contribution in [3.8, 4) is 11.5 Å². The summed E-state index contributed by atoms with van der Waals surface area (Å²) in [5.41, 5.74) is 0.226. The van der Waals surface area contributed by atoms with Gasteiger partial charge in [-0.1, -0.05) is 18.2 Å². The SMILES string of the molecule is COc1ccc(OC)c(N(CC(=O)NCCCN(C)C)S(=O)(=O)c2ccccc2)c1. The summed E-state index contributed by atoms with van der Waals surface area (Å²) in [6.07, 6.45) is 0.757. The van der Waals surface area contributed by atoms with Gasteiger partial charge < -0.3 is 19.7 Å². The maximum atomic E-state index is 13.4. The van der Waals surface area contributed by atoms with Gasteiger partial charge in [0.05, 0.1) is 24.8 Å².